The molecule has 0 spiro atoms. The highest BCUT2D eigenvalue weighted by Crippen LogP contribution is 2.30. The highest BCUT2D eigenvalue weighted by molar-refractivity contribution is 6.05. The van der Waals surface area contributed by atoms with Crippen LogP contribution < -0.4 is 4.90 Å². The Kier molecular flexibility index (Phi) is 6.36. The van der Waals surface area contributed by atoms with Crippen LogP contribution in [-0.4, -0.2) is 42.0 Å². The fourth-order valence-corrected chi connectivity index (χ4v) is 4.81. The molecule has 168 valence electrons. The molecule has 4 heteroatoms. The Morgan fingerprint density at radius 2 is 1.73 bits per heavy atom. The first kappa shape index (κ1) is 21.6. The molecule has 1 aromatic heterocycles. The van der Waals surface area contributed by atoms with Crippen molar-refractivity contribution in [2.45, 2.75) is 32.6 Å². The standard InChI is InChI=1S/C29H31N3O/c1-22-8-11-24(12-9-22)26-13-14-27(30-21-26)29(33)32-19-5-7-25-20-23(10-15-28(25)32)6-4-18-31-16-2-3-17-31/h4,6,8-15,20-21H,2-3,5,7,16-19H2,1H3/b6-4+. The third-order valence-corrected chi connectivity index (χ3v) is 6.71. The zero-order valence-corrected chi connectivity index (χ0v) is 19.3. The number of aryl methyl sites for hydroxylation is 2. The van der Waals surface area contributed by atoms with E-state index in [4.69, 9.17) is 0 Å². The molecule has 0 unspecified atom stereocenters. The molecule has 0 radical (unpaired) electrons. The van der Waals surface area contributed by atoms with E-state index < -0.39 is 0 Å². The number of likely N-dealkylation sites (tertiary alicyclic amines) is 1. The van der Waals surface area contributed by atoms with Gasteiger partial charge in [0, 0.05) is 30.5 Å². The number of hydrogen-bond acceptors (Lipinski definition) is 3. The van der Waals surface area contributed by atoms with E-state index in [0.29, 0.717) is 5.69 Å². The molecule has 2 aliphatic heterocycles. The SMILES string of the molecule is Cc1ccc(-c2ccc(C(=O)N3CCCc4cc(/C=C/CN5CCCC5)ccc43)nc2)cc1. The fourth-order valence-electron chi connectivity index (χ4n) is 4.81. The third-order valence-electron chi connectivity index (χ3n) is 6.71. The van der Waals surface area contributed by atoms with E-state index in [0.717, 1.165) is 42.7 Å². The Balaban J connectivity index is 1.30. The molecule has 3 heterocycles. The smallest absolute Gasteiger partial charge is 0.276 e. The van der Waals surface area contributed by atoms with Gasteiger partial charge in [-0.2, -0.15) is 0 Å². The van der Waals surface area contributed by atoms with Crippen LogP contribution in [0.5, 0.6) is 0 Å². The summed E-state index contributed by atoms with van der Waals surface area (Å²) in [4.78, 5) is 22.2. The number of hydrogen-bond donors (Lipinski definition) is 0. The van der Waals surface area contributed by atoms with Gasteiger partial charge in [-0.15, -0.1) is 0 Å². The molecular weight excluding hydrogens is 406 g/mol. The van der Waals surface area contributed by atoms with Crippen LogP contribution in [0, 0.1) is 6.92 Å². The molecule has 2 aromatic carbocycles. The Morgan fingerprint density at radius 1 is 0.939 bits per heavy atom. The molecule has 5 rings (SSSR count). The van der Waals surface area contributed by atoms with Gasteiger partial charge >= 0.3 is 0 Å². The first-order chi connectivity index (χ1) is 16.2. The van der Waals surface area contributed by atoms with Gasteiger partial charge in [-0.25, -0.2) is 0 Å². The van der Waals surface area contributed by atoms with Gasteiger partial charge in [0.15, 0.2) is 0 Å². The maximum atomic E-state index is 13.3. The zero-order valence-electron chi connectivity index (χ0n) is 19.3. The highest BCUT2D eigenvalue weighted by atomic mass is 16.2. The Hall–Kier alpha value is -3.24. The van der Waals surface area contributed by atoms with Crippen molar-refractivity contribution < 1.29 is 4.79 Å². The van der Waals surface area contributed by atoms with Crippen molar-refractivity contribution in [3.63, 3.8) is 0 Å². The van der Waals surface area contributed by atoms with E-state index in [1.165, 1.54) is 42.6 Å². The maximum absolute atomic E-state index is 13.3. The van der Waals surface area contributed by atoms with Gasteiger partial charge in [-0.05, 0) is 80.6 Å². The minimum Gasteiger partial charge on any atom is -0.307 e. The van der Waals surface area contributed by atoms with Gasteiger partial charge < -0.3 is 4.90 Å². The van der Waals surface area contributed by atoms with Gasteiger partial charge in [0.05, 0.1) is 0 Å². The first-order valence-corrected chi connectivity index (χ1v) is 12.0. The molecule has 0 N–H and O–H groups in total. The van der Waals surface area contributed by atoms with Gasteiger partial charge in [0.1, 0.15) is 5.69 Å². The summed E-state index contributed by atoms with van der Waals surface area (Å²) in [6, 6.07) is 18.7. The van der Waals surface area contributed by atoms with Crippen molar-refractivity contribution in [1.82, 2.24) is 9.88 Å². The van der Waals surface area contributed by atoms with E-state index in [1.54, 1.807) is 6.20 Å². The lowest BCUT2D eigenvalue weighted by molar-refractivity contribution is 0.0980. The van der Waals surface area contributed by atoms with Gasteiger partial charge in [-0.1, -0.05) is 54.1 Å². The van der Waals surface area contributed by atoms with Crippen LogP contribution in [0.4, 0.5) is 5.69 Å². The molecule has 33 heavy (non-hydrogen) atoms. The van der Waals surface area contributed by atoms with E-state index in [-0.39, 0.29) is 5.91 Å². The van der Waals surface area contributed by atoms with Crippen LogP contribution in [0.15, 0.2) is 66.9 Å². The van der Waals surface area contributed by atoms with Crippen LogP contribution in [-0.2, 0) is 6.42 Å². The zero-order chi connectivity index (χ0) is 22.6. The largest absolute Gasteiger partial charge is 0.307 e. The third kappa shape index (κ3) is 4.91. The lowest BCUT2D eigenvalue weighted by atomic mass is 9.98. The minimum atomic E-state index is -0.0243. The van der Waals surface area contributed by atoms with Crippen molar-refractivity contribution in [3.05, 3.63) is 89.3 Å². The predicted molar refractivity (Wildman–Crippen MR) is 136 cm³/mol. The second-order valence-electron chi connectivity index (χ2n) is 9.16. The number of nitrogens with zero attached hydrogens (tertiary/aromatic N) is 3. The van der Waals surface area contributed by atoms with E-state index in [9.17, 15) is 4.79 Å². The van der Waals surface area contributed by atoms with Crippen molar-refractivity contribution in [2.75, 3.05) is 31.1 Å². The number of carbonyl (C=O) groups excluding carboxylic acids is 1. The molecule has 0 saturated carbocycles. The van der Waals surface area contributed by atoms with Crippen LogP contribution in [0.2, 0.25) is 0 Å². The molecule has 1 saturated heterocycles. The number of aromatic nitrogens is 1. The number of carbonyl (C=O) groups is 1. The molecule has 3 aromatic rings. The number of anilines is 1. The molecular formula is C29H31N3O. The van der Waals surface area contributed by atoms with Crippen molar-refractivity contribution >= 4 is 17.7 Å². The summed E-state index contributed by atoms with van der Waals surface area (Å²) < 4.78 is 0. The molecule has 0 aliphatic carbocycles. The monoisotopic (exact) mass is 437 g/mol. The molecule has 1 fully saturated rings. The van der Waals surface area contributed by atoms with Crippen molar-refractivity contribution in [3.8, 4) is 11.1 Å². The van der Waals surface area contributed by atoms with Crippen LogP contribution >= 0.6 is 0 Å². The second kappa shape index (κ2) is 9.72. The molecule has 0 bridgehead atoms. The second-order valence-corrected chi connectivity index (χ2v) is 9.16. The van der Waals surface area contributed by atoms with Crippen molar-refractivity contribution in [1.29, 1.82) is 0 Å². The maximum Gasteiger partial charge on any atom is 0.276 e. The Bertz CT molecular complexity index is 1140. The summed E-state index contributed by atoms with van der Waals surface area (Å²) >= 11 is 0. The highest BCUT2D eigenvalue weighted by Gasteiger charge is 2.24. The van der Waals surface area contributed by atoms with Crippen LogP contribution in [0.1, 0.15) is 46.4 Å². The average molecular weight is 438 g/mol. The van der Waals surface area contributed by atoms with E-state index in [2.05, 4.69) is 71.4 Å². The molecule has 1 amide bonds. The quantitative estimate of drug-likeness (QED) is 0.509. The summed E-state index contributed by atoms with van der Waals surface area (Å²) in [5.74, 6) is -0.0243. The average Bonchev–Trinajstić information content (AvgIpc) is 3.37. The number of fused-ring (bicyclic) bond motifs is 1. The van der Waals surface area contributed by atoms with E-state index in [1.807, 2.05) is 17.0 Å². The minimum absolute atomic E-state index is 0.0243. The molecule has 4 nitrogen and oxygen atoms in total. The predicted octanol–water partition coefficient (Wildman–Crippen LogP) is 5.76. The first-order valence-electron chi connectivity index (χ1n) is 12.0. The van der Waals surface area contributed by atoms with E-state index >= 15 is 0 Å². The number of rotatable bonds is 5. The summed E-state index contributed by atoms with van der Waals surface area (Å²) in [5, 5.41) is 0. The Labute approximate surface area is 196 Å². The summed E-state index contributed by atoms with van der Waals surface area (Å²) in [6.07, 6.45) is 10.9. The van der Waals surface area contributed by atoms with Gasteiger partial charge in [0.2, 0.25) is 0 Å². The van der Waals surface area contributed by atoms with Crippen LogP contribution in [0.3, 0.4) is 0 Å². The molecule has 0 atom stereocenters. The summed E-state index contributed by atoms with van der Waals surface area (Å²) in [7, 11) is 0. The van der Waals surface area contributed by atoms with Crippen LogP contribution in [0.25, 0.3) is 17.2 Å². The normalized spacial score (nSPS) is 16.3. The van der Waals surface area contributed by atoms with Crippen molar-refractivity contribution in [2.24, 2.45) is 0 Å². The fraction of sp³-hybridized carbons (Fsp3) is 0.310. The lowest BCUT2D eigenvalue weighted by Gasteiger charge is -2.29. The molecule has 2 aliphatic rings. The van der Waals surface area contributed by atoms with Gasteiger partial charge in [-0.3, -0.25) is 14.7 Å². The number of benzene rings is 2. The lowest BCUT2D eigenvalue weighted by Crippen LogP contribution is -2.36. The summed E-state index contributed by atoms with van der Waals surface area (Å²) in [6.45, 7) is 6.26. The Morgan fingerprint density at radius 3 is 2.48 bits per heavy atom. The number of pyridine rings is 1. The van der Waals surface area contributed by atoms with Gasteiger partial charge in [0.25, 0.3) is 5.91 Å². The summed E-state index contributed by atoms with van der Waals surface area (Å²) in [5.41, 5.74) is 7.34. The number of amides is 1. The topological polar surface area (TPSA) is 36.4 Å².